The largest absolute Gasteiger partial charge is 0.369 e. The number of nitrogens with zero attached hydrogens (tertiary/aromatic N) is 2. The van der Waals surface area contributed by atoms with Crippen LogP contribution in [0.25, 0.3) is 0 Å². The van der Waals surface area contributed by atoms with Gasteiger partial charge in [-0.05, 0) is 18.1 Å². The van der Waals surface area contributed by atoms with Gasteiger partial charge >= 0.3 is 5.69 Å². The molecule has 0 saturated heterocycles. The lowest BCUT2D eigenvalue weighted by Crippen LogP contribution is -2.16. The maximum atomic E-state index is 13.4. The predicted octanol–water partition coefficient (Wildman–Crippen LogP) is 1.44. The van der Waals surface area contributed by atoms with Gasteiger partial charge in [0.25, 0.3) is 0 Å². The predicted molar refractivity (Wildman–Crippen MR) is 68.2 cm³/mol. The first kappa shape index (κ1) is 12.8. The van der Waals surface area contributed by atoms with Gasteiger partial charge < -0.3 is 5.32 Å². The fraction of sp³-hybridized carbons (Fsp3) is 0.154. The van der Waals surface area contributed by atoms with Gasteiger partial charge in [-0.2, -0.15) is 10.2 Å². The van der Waals surface area contributed by atoms with Gasteiger partial charge in [-0.15, -0.1) is 0 Å². The highest BCUT2D eigenvalue weighted by atomic mass is 19.1. The Kier molecular flexibility index (Phi) is 3.88. The topological polar surface area (TPSA) is 81.6 Å². The molecular formula is C13H11FN4O. The molecule has 0 atom stereocenters. The highest BCUT2D eigenvalue weighted by Gasteiger charge is 2.02. The molecule has 19 heavy (non-hydrogen) atoms. The van der Waals surface area contributed by atoms with Gasteiger partial charge in [-0.3, -0.25) is 4.98 Å². The Morgan fingerprint density at radius 3 is 2.95 bits per heavy atom. The minimum atomic E-state index is -0.590. The van der Waals surface area contributed by atoms with Crippen molar-refractivity contribution in [2.45, 2.75) is 6.42 Å². The number of H-pyrrole nitrogens is 1. The zero-order valence-electron chi connectivity index (χ0n) is 9.98. The molecule has 0 aliphatic heterocycles. The highest BCUT2D eigenvalue weighted by molar-refractivity contribution is 5.38. The van der Waals surface area contributed by atoms with Crippen LogP contribution < -0.4 is 11.0 Å². The SMILES string of the molecule is N#Cc1cc(NCCc2ccccc2F)nc(=O)[nH]1. The van der Waals surface area contributed by atoms with Crippen molar-refractivity contribution >= 4 is 5.82 Å². The summed E-state index contributed by atoms with van der Waals surface area (Å²) in [5, 5.41) is 11.6. The quantitative estimate of drug-likeness (QED) is 0.869. The molecule has 2 rings (SSSR count). The lowest BCUT2D eigenvalue weighted by atomic mass is 10.1. The second kappa shape index (κ2) is 5.78. The van der Waals surface area contributed by atoms with Crippen molar-refractivity contribution in [2.75, 3.05) is 11.9 Å². The van der Waals surface area contributed by atoms with Crippen LogP contribution >= 0.6 is 0 Å². The van der Waals surface area contributed by atoms with Crippen molar-refractivity contribution in [2.24, 2.45) is 0 Å². The third-order valence-electron chi connectivity index (χ3n) is 2.52. The standard InChI is InChI=1S/C13H11FN4O/c14-11-4-2-1-3-9(11)5-6-16-12-7-10(8-15)17-13(19)18-12/h1-4,7H,5-6H2,(H2,16,17,18,19). The molecule has 2 N–H and O–H groups in total. The lowest BCUT2D eigenvalue weighted by molar-refractivity contribution is 0.610. The summed E-state index contributed by atoms with van der Waals surface area (Å²) >= 11 is 0. The second-order valence-corrected chi connectivity index (χ2v) is 3.87. The Labute approximate surface area is 108 Å². The molecule has 0 fully saturated rings. The normalized spacial score (nSPS) is 9.89. The zero-order valence-corrected chi connectivity index (χ0v) is 9.98. The summed E-state index contributed by atoms with van der Waals surface area (Å²) in [4.78, 5) is 17.1. The molecule has 0 unspecified atom stereocenters. The molecule has 1 aromatic heterocycles. The van der Waals surface area contributed by atoms with E-state index in [0.29, 0.717) is 24.3 Å². The van der Waals surface area contributed by atoms with E-state index in [2.05, 4.69) is 15.3 Å². The summed E-state index contributed by atoms with van der Waals surface area (Å²) in [5.74, 6) is 0.0394. The van der Waals surface area contributed by atoms with E-state index in [0.717, 1.165) is 0 Å². The summed E-state index contributed by atoms with van der Waals surface area (Å²) in [5.41, 5.74) is 0.126. The number of anilines is 1. The van der Waals surface area contributed by atoms with Gasteiger partial charge in [-0.25, -0.2) is 9.18 Å². The summed E-state index contributed by atoms with van der Waals surface area (Å²) in [6.45, 7) is 0.419. The van der Waals surface area contributed by atoms with E-state index < -0.39 is 5.69 Å². The molecule has 2 aromatic rings. The van der Waals surface area contributed by atoms with Crippen LogP contribution in [-0.2, 0) is 6.42 Å². The molecule has 0 aliphatic carbocycles. The van der Waals surface area contributed by atoms with Gasteiger partial charge in [0.15, 0.2) is 0 Å². The minimum Gasteiger partial charge on any atom is -0.369 e. The van der Waals surface area contributed by atoms with E-state index in [1.807, 2.05) is 6.07 Å². The summed E-state index contributed by atoms with van der Waals surface area (Å²) < 4.78 is 13.4. The zero-order chi connectivity index (χ0) is 13.7. The summed E-state index contributed by atoms with van der Waals surface area (Å²) in [6.07, 6.45) is 0.461. The van der Waals surface area contributed by atoms with Crippen LogP contribution in [0.1, 0.15) is 11.3 Å². The number of nitrogens with one attached hydrogen (secondary N) is 2. The number of nitriles is 1. The van der Waals surface area contributed by atoms with Crippen LogP contribution in [0.3, 0.4) is 0 Å². The van der Waals surface area contributed by atoms with Gasteiger partial charge in [0.1, 0.15) is 23.4 Å². The van der Waals surface area contributed by atoms with E-state index in [9.17, 15) is 9.18 Å². The Morgan fingerprint density at radius 2 is 2.21 bits per heavy atom. The Balaban J connectivity index is 2.00. The molecule has 0 saturated carbocycles. The monoisotopic (exact) mass is 258 g/mol. The van der Waals surface area contributed by atoms with E-state index in [1.165, 1.54) is 12.1 Å². The number of rotatable bonds is 4. The first-order chi connectivity index (χ1) is 9.19. The first-order valence-electron chi connectivity index (χ1n) is 5.68. The highest BCUT2D eigenvalue weighted by Crippen LogP contribution is 2.07. The average Bonchev–Trinajstić information content (AvgIpc) is 2.40. The molecule has 0 radical (unpaired) electrons. The van der Waals surface area contributed by atoms with Gasteiger partial charge in [0, 0.05) is 12.6 Å². The van der Waals surface area contributed by atoms with Crippen molar-refractivity contribution < 1.29 is 4.39 Å². The Morgan fingerprint density at radius 1 is 1.42 bits per heavy atom. The number of hydrogen-bond donors (Lipinski definition) is 2. The van der Waals surface area contributed by atoms with Crippen LogP contribution in [0.5, 0.6) is 0 Å². The van der Waals surface area contributed by atoms with Crippen LogP contribution in [0, 0.1) is 17.1 Å². The number of aromatic amines is 1. The molecule has 1 aromatic carbocycles. The van der Waals surface area contributed by atoms with Crippen molar-refractivity contribution in [1.29, 1.82) is 5.26 Å². The fourth-order valence-corrected chi connectivity index (χ4v) is 1.63. The Bertz CT molecular complexity index is 675. The molecule has 0 bridgehead atoms. The van der Waals surface area contributed by atoms with Crippen molar-refractivity contribution in [3.63, 3.8) is 0 Å². The van der Waals surface area contributed by atoms with Crippen LogP contribution in [0.4, 0.5) is 10.2 Å². The molecular weight excluding hydrogens is 247 g/mol. The van der Waals surface area contributed by atoms with E-state index in [4.69, 9.17) is 5.26 Å². The van der Waals surface area contributed by atoms with Gasteiger partial charge in [-0.1, -0.05) is 18.2 Å². The number of benzene rings is 1. The number of aromatic nitrogens is 2. The third kappa shape index (κ3) is 3.39. The second-order valence-electron chi connectivity index (χ2n) is 3.87. The van der Waals surface area contributed by atoms with E-state index >= 15 is 0 Å². The van der Waals surface area contributed by atoms with E-state index in [1.54, 1.807) is 18.2 Å². The average molecular weight is 258 g/mol. The lowest BCUT2D eigenvalue weighted by Gasteiger charge is -2.06. The number of halogens is 1. The van der Waals surface area contributed by atoms with Crippen molar-refractivity contribution in [3.05, 3.63) is 57.9 Å². The summed E-state index contributed by atoms with van der Waals surface area (Å²) in [6, 6.07) is 9.75. The smallest absolute Gasteiger partial charge is 0.347 e. The molecule has 0 spiro atoms. The molecule has 1 heterocycles. The van der Waals surface area contributed by atoms with Gasteiger partial charge in [0.05, 0.1) is 0 Å². The van der Waals surface area contributed by atoms with Crippen LogP contribution in [0.15, 0.2) is 35.1 Å². The first-order valence-corrected chi connectivity index (χ1v) is 5.68. The molecule has 0 amide bonds. The molecule has 5 nitrogen and oxygen atoms in total. The van der Waals surface area contributed by atoms with Crippen LogP contribution in [0.2, 0.25) is 0 Å². The maximum absolute atomic E-state index is 13.4. The van der Waals surface area contributed by atoms with Crippen LogP contribution in [-0.4, -0.2) is 16.5 Å². The number of hydrogen-bond acceptors (Lipinski definition) is 4. The summed E-state index contributed by atoms with van der Waals surface area (Å²) in [7, 11) is 0. The maximum Gasteiger partial charge on any atom is 0.347 e. The minimum absolute atomic E-state index is 0.133. The van der Waals surface area contributed by atoms with Gasteiger partial charge in [0.2, 0.25) is 0 Å². The fourth-order valence-electron chi connectivity index (χ4n) is 1.63. The van der Waals surface area contributed by atoms with E-state index in [-0.39, 0.29) is 11.5 Å². The van der Waals surface area contributed by atoms with Crippen molar-refractivity contribution in [3.8, 4) is 6.07 Å². The Hall–Kier alpha value is -2.68. The molecule has 0 aliphatic rings. The molecule has 96 valence electrons. The van der Waals surface area contributed by atoms with Crippen molar-refractivity contribution in [1.82, 2.24) is 9.97 Å². The third-order valence-corrected chi connectivity index (χ3v) is 2.52. The molecule has 6 heteroatoms.